The van der Waals surface area contributed by atoms with Gasteiger partial charge >= 0.3 is 6.18 Å². The fourth-order valence-corrected chi connectivity index (χ4v) is 2.45. The molecule has 0 aliphatic carbocycles. The lowest BCUT2D eigenvalue weighted by atomic mass is 9.94. The number of halogens is 3. The molecule has 1 fully saturated rings. The highest BCUT2D eigenvalue weighted by atomic mass is 19.4. The second-order valence-corrected chi connectivity index (χ2v) is 5.89. The second kappa shape index (κ2) is 4.76. The fourth-order valence-electron chi connectivity index (χ4n) is 2.45. The van der Waals surface area contributed by atoms with Crippen molar-refractivity contribution in [2.75, 3.05) is 6.54 Å². The van der Waals surface area contributed by atoms with Crippen LogP contribution < -0.4 is 5.32 Å². The van der Waals surface area contributed by atoms with Crippen LogP contribution >= 0.6 is 0 Å². The molecule has 0 saturated carbocycles. The standard InChI is InChI=1S/C12H22F3NO/c1-10(2)8-9(11(3,4)17-10)16-7-5-6-12(13,14)15/h9,16H,5-8H2,1-4H3. The summed E-state index contributed by atoms with van der Waals surface area (Å²) < 4.78 is 41.8. The molecule has 102 valence electrons. The first-order chi connectivity index (χ1) is 7.52. The molecule has 1 aliphatic rings. The Balaban J connectivity index is 2.33. The summed E-state index contributed by atoms with van der Waals surface area (Å²) in [4.78, 5) is 0. The molecule has 0 amide bonds. The highest BCUT2D eigenvalue weighted by Crippen LogP contribution is 2.37. The van der Waals surface area contributed by atoms with Crippen LogP contribution in [0.5, 0.6) is 0 Å². The summed E-state index contributed by atoms with van der Waals surface area (Å²) in [5.41, 5.74) is -0.521. The highest BCUT2D eigenvalue weighted by molar-refractivity contribution is 4.98. The highest BCUT2D eigenvalue weighted by Gasteiger charge is 2.45. The maximum Gasteiger partial charge on any atom is 0.389 e. The lowest BCUT2D eigenvalue weighted by molar-refractivity contribution is -0.135. The van der Waals surface area contributed by atoms with Crippen molar-refractivity contribution in [3.8, 4) is 0 Å². The van der Waals surface area contributed by atoms with Gasteiger partial charge in [0.2, 0.25) is 0 Å². The van der Waals surface area contributed by atoms with E-state index in [1.54, 1.807) is 0 Å². The predicted molar refractivity (Wildman–Crippen MR) is 60.9 cm³/mol. The van der Waals surface area contributed by atoms with Crippen LogP contribution in [0.1, 0.15) is 47.0 Å². The number of rotatable bonds is 4. The second-order valence-electron chi connectivity index (χ2n) is 5.89. The van der Waals surface area contributed by atoms with Crippen LogP contribution in [0.15, 0.2) is 0 Å². The molecule has 0 aromatic heterocycles. The largest absolute Gasteiger partial charge is 0.389 e. The number of nitrogens with one attached hydrogen (secondary N) is 1. The molecular formula is C12H22F3NO. The van der Waals surface area contributed by atoms with Crippen LogP contribution in [0.25, 0.3) is 0 Å². The summed E-state index contributed by atoms with van der Waals surface area (Å²) in [5.74, 6) is 0. The van der Waals surface area contributed by atoms with E-state index in [9.17, 15) is 13.2 Å². The molecular weight excluding hydrogens is 231 g/mol. The summed E-state index contributed by atoms with van der Waals surface area (Å²) in [6.07, 6.45) is -3.83. The van der Waals surface area contributed by atoms with Gasteiger partial charge < -0.3 is 10.1 Å². The first kappa shape index (κ1) is 14.8. The maximum atomic E-state index is 12.0. The number of hydrogen-bond acceptors (Lipinski definition) is 2. The molecule has 0 bridgehead atoms. The van der Waals surface area contributed by atoms with E-state index in [4.69, 9.17) is 4.74 Å². The van der Waals surface area contributed by atoms with Crippen molar-refractivity contribution in [2.45, 2.75) is 70.4 Å². The Morgan fingerprint density at radius 2 is 1.82 bits per heavy atom. The zero-order chi connectivity index (χ0) is 13.3. The topological polar surface area (TPSA) is 21.3 Å². The quantitative estimate of drug-likeness (QED) is 0.776. The first-order valence-electron chi connectivity index (χ1n) is 6.02. The first-order valence-corrected chi connectivity index (χ1v) is 6.02. The zero-order valence-corrected chi connectivity index (χ0v) is 10.9. The van der Waals surface area contributed by atoms with Crippen LogP contribution in [0.3, 0.4) is 0 Å². The van der Waals surface area contributed by atoms with Crippen molar-refractivity contribution < 1.29 is 17.9 Å². The minimum absolute atomic E-state index is 0.116. The number of hydrogen-bond donors (Lipinski definition) is 1. The van der Waals surface area contributed by atoms with Gasteiger partial charge in [0.15, 0.2) is 0 Å². The van der Waals surface area contributed by atoms with E-state index in [1.165, 1.54) is 0 Å². The average molecular weight is 253 g/mol. The molecule has 1 aliphatic heterocycles. The molecule has 1 atom stereocenters. The number of alkyl halides is 3. The van der Waals surface area contributed by atoms with E-state index in [0.29, 0.717) is 6.54 Å². The Bertz CT molecular complexity index is 261. The van der Waals surface area contributed by atoms with Gasteiger partial charge in [0.25, 0.3) is 0 Å². The van der Waals surface area contributed by atoms with Gasteiger partial charge in [-0.25, -0.2) is 0 Å². The minimum Gasteiger partial charge on any atom is -0.368 e. The SMILES string of the molecule is CC1(C)CC(NCCCC(F)(F)F)C(C)(C)O1. The Kier molecular flexibility index (Phi) is 4.14. The lowest BCUT2D eigenvalue weighted by Gasteiger charge is -2.27. The van der Waals surface area contributed by atoms with E-state index >= 15 is 0 Å². The van der Waals surface area contributed by atoms with Gasteiger partial charge in [0.1, 0.15) is 0 Å². The Labute approximate surface area is 101 Å². The van der Waals surface area contributed by atoms with E-state index in [1.807, 2.05) is 27.7 Å². The van der Waals surface area contributed by atoms with Crippen molar-refractivity contribution in [1.82, 2.24) is 5.32 Å². The molecule has 1 heterocycles. The predicted octanol–water partition coefficient (Wildman–Crippen LogP) is 3.26. The van der Waals surface area contributed by atoms with Gasteiger partial charge in [-0.3, -0.25) is 0 Å². The van der Waals surface area contributed by atoms with Crippen molar-refractivity contribution >= 4 is 0 Å². The Hall–Kier alpha value is -0.290. The van der Waals surface area contributed by atoms with Crippen molar-refractivity contribution in [1.29, 1.82) is 0 Å². The summed E-state index contributed by atoms with van der Waals surface area (Å²) in [6, 6.07) is 0.116. The van der Waals surface area contributed by atoms with E-state index < -0.39 is 12.6 Å². The van der Waals surface area contributed by atoms with Gasteiger partial charge in [-0.05, 0) is 47.1 Å². The van der Waals surface area contributed by atoms with Gasteiger partial charge in [-0.15, -0.1) is 0 Å². The maximum absolute atomic E-state index is 12.0. The third-order valence-corrected chi connectivity index (χ3v) is 3.10. The normalized spacial score (nSPS) is 27.4. The average Bonchev–Trinajstić information content (AvgIpc) is 2.26. The van der Waals surface area contributed by atoms with Gasteiger partial charge in [0.05, 0.1) is 11.2 Å². The number of ether oxygens (including phenoxy) is 1. The molecule has 0 radical (unpaired) electrons. The molecule has 2 nitrogen and oxygen atoms in total. The van der Waals surface area contributed by atoms with E-state index in [2.05, 4.69) is 5.32 Å². The zero-order valence-electron chi connectivity index (χ0n) is 10.9. The third-order valence-electron chi connectivity index (χ3n) is 3.10. The summed E-state index contributed by atoms with van der Waals surface area (Å²) >= 11 is 0. The van der Waals surface area contributed by atoms with Gasteiger partial charge in [-0.2, -0.15) is 13.2 Å². The molecule has 0 aromatic rings. The van der Waals surface area contributed by atoms with Crippen molar-refractivity contribution in [3.05, 3.63) is 0 Å². The van der Waals surface area contributed by atoms with Crippen LogP contribution in [0, 0.1) is 0 Å². The third kappa shape index (κ3) is 4.84. The van der Waals surface area contributed by atoms with Crippen molar-refractivity contribution in [3.63, 3.8) is 0 Å². The smallest absolute Gasteiger partial charge is 0.368 e. The van der Waals surface area contributed by atoms with E-state index in [0.717, 1.165) is 6.42 Å². The minimum atomic E-state index is -4.05. The Morgan fingerprint density at radius 1 is 1.24 bits per heavy atom. The van der Waals surface area contributed by atoms with Crippen LogP contribution in [-0.2, 0) is 4.74 Å². The lowest BCUT2D eigenvalue weighted by Crippen LogP contribution is -2.43. The monoisotopic (exact) mass is 253 g/mol. The van der Waals surface area contributed by atoms with Crippen LogP contribution in [0.2, 0.25) is 0 Å². The molecule has 1 N–H and O–H groups in total. The summed E-state index contributed by atoms with van der Waals surface area (Å²) in [7, 11) is 0. The van der Waals surface area contributed by atoms with Crippen molar-refractivity contribution in [2.24, 2.45) is 0 Å². The molecule has 1 rings (SSSR count). The van der Waals surface area contributed by atoms with Gasteiger partial charge in [-0.1, -0.05) is 0 Å². The molecule has 5 heteroatoms. The molecule has 1 saturated heterocycles. The van der Waals surface area contributed by atoms with Gasteiger partial charge in [0, 0.05) is 12.5 Å². The molecule has 0 aromatic carbocycles. The van der Waals surface area contributed by atoms with Crippen LogP contribution in [0.4, 0.5) is 13.2 Å². The molecule has 17 heavy (non-hydrogen) atoms. The molecule has 0 spiro atoms. The molecule has 1 unspecified atom stereocenters. The van der Waals surface area contributed by atoms with Crippen LogP contribution in [-0.4, -0.2) is 30.0 Å². The fraction of sp³-hybridized carbons (Fsp3) is 1.00. The Morgan fingerprint density at radius 3 is 2.24 bits per heavy atom. The van der Waals surface area contributed by atoms with E-state index in [-0.39, 0.29) is 23.7 Å². The summed E-state index contributed by atoms with van der Waals surface area (Å²) in [6.45, 7) is 8.34. The summed E-state index contributed by atoms with van der Waals surface area (Å²) in [5, 5.41) is 3.18.